The van der Waals surface area contributed by atoms with Gasteiger partial charge in [0.05, 0.1) is 11.6 Å². The van der Waals surface area contributed by atoms with Gasteiger partial charge in [-0.1, -0.05) is 0 Å². The van der Waals surface area contributed by atoms with Crippen molar-refractivity contribution >= 4 is 27.2 Å². The van der Waals surface area contributed by atoms with Crippen molar-refractivity contribution in [2.75, 3.05) is 11.9 Å². The van der Waals surface area contributed by atoms with Crippen LogP contribution < -0.4 is 5.32 Å². The molecule has 17 heavy (non-hydrogen) atoms. The molecule has 1 N–H and O–H groups in total. The Hall–Kier alpha value is -1.13. The number of fused-ring (bicyclic) bond motifs is 1. The minimum atomic E-state index is -0.0107. The van der Waals surface area contributed by atoms with Gasteiger partial charge >= 0.3 is 0 Å². The molecule has 0 spiro atoms. The minimum absolute atomic E-state index is 0.0107. The van der Waals surface area contributed by atoms with Gasteiger partial charge in [-0.3, -0.25) is 0 Å². The molecule has 4 heteroatoms. The van der Waals surface area contributed by atoms with Crippen LogP contribution in [0.3, 0.4) is 0 Å². The van der Waals surface area contributed by atoms with Crippen LogP contribution in [0, 0.1) is 0 Å². The van der Waals surface area contributed by atoms with Crippen LogP contribution in [0.2, 0.25) is 0 Å². The smallest absolute Gasteiger partial charge is 0.135 e. The third-order valence-corrected chi connectivity index (χ3v) is 4.55. The molecule has 90 valence electrons. The second kappa shape index (κ2) is 3.96. The average Bonchev–Trinajstić information content (AvgIpc) is 2.88. The molecule has 2 aromatic rings. The largest absolute Gasteiger partial charge is 0.376 e. The first-order chi connectivity index (χ1) is 8.19. The molecule has 2 unspecified atom stereocenters. The Morgan fingerprint density at radius 3 is 3.18 bits per heavy atom. The number of pyridine rings is 1. The van der Waals surface area contributed by atoms with E-state index in [-0.39, 0.29) is 11.6 Å². The number of aromatic nitrogens is 1. The molecule has 1 aliphatic heterocycles. The number of ether oxygens (including phenoxy) is 1. The molecule has 3 nitrogen and oxygen atoms in total. The molecule has 2 atom stereocenters. The van der Waals surface area contributed by atoms with Crippen LogP contribution in [0.1, 0.15) is 20.3 Å². The monoisotopic (exact) mass is 248 g/mol. The minimum Gasteiger partial charge on any atom is -0.376 e. The van der Waals surface area contributed by atoms with Gasteiger partial charge in [-0.25, -0.2) is 4.98 Å². The Labute approximate surface area is 105 Å². The molecule has 1 aliphatic rings. The highest BCUT2D eigenvalue weighted by Crippen LogP contribution is 2.32. The van der Waals surface area contributed by atoms with E-state index in [1.807, 2.05) is 6.20 Å². The maximum atomic E-state index is 5.65. The lowest BCUT2D eigenvalue weighted by Gasteiger charge is -2.29. The van der Waals surface area contributed by atoms with Crippen LogP contribution in [0.25, 0.3) is 10.1 Å². The van der Waals surface area contributed by atoms with Crippen LogP contribution in [0.5, 0.6) is 0 Å². The Balaban J connectivity index is 1.97. The lowest BCUT2D eigenvalue weighted by atomic mass is 9.94. The van der Waals surface area contributed by atoms with Crippen molar-refractivity contribution in [2.45, 2.75) is 31.9 Å². The molecule has 0 radical (unpaired) electrons. The first kappa shape index (κ1) is 11.0. The fourth-order valence-corrected chi connectivity index (χ4v) is 3.05. The third kappa shape index (κ3) is 1.81. The van der Waals surface area contributed by atoms with Crippen molar-refractivity contribution in [2.24, 2.45) is 0 Å². The summed E-state index contributed by atoms with van der Waals surface area (Å²) < 4.78 is 6.92. The van der Waals surface area contributed by atoms with E-state index in [9.17, 15) is 0 Å². The zero-order valence-electron chi connectivity index (χ0n) is 10.1. The van der Waals surface area contributed by atoms with Crippen molar-refractivity contribution in [1.29, 1.82) is 0 Å². The van der Waals surface area contributed by atoms with E-state index >= 15 is 0 Å². The third-order valence-electron chi connectivity index (χ3n) is 3.67. The van der Waals surface area contributed by atoms with E-state index in [0.29, 0.717) is 0 Å². The molecular weight excluding hydrogens is 232 g/mol. The number of hydrogen-bond acceptors (Lipinski definition) is 4. The van der Waals surface area contributed by atoms with Crippen LogP contribution in [-0.4, -0.2) is 23.2 Å². The molecule has 2 aromatic heterocycles. The molecule has 0 saturated carbocycles. The number of anilines is 1. The molecule has 1 fully saturated rings. The zero-order chi connectivity index (χ0) is 11.9. The summed E-state index contributed by atoms with van der Waals surface area (Å²) in [5, 5.41) is 6.88. The fraction of sp³-hybridized carbons (Fsp3) is 0.462. The number of rotatable bonds is 2. The van der Waals surface area contributed by atoms with Crippen LogP contribution in [0.4, 0.5) is 5.82 Å². The second-order valence-corrected chi connectivity index (χ2v) is 5.75. The molecule has 0 aromatic carbocycles. The summed E-state index contributed by atoms with van der Waals surface area (Å²) in [5.74, 6) is 0.976. The van der Waals surface area contributed by atoms with E-state index in [2.05, 4.69) is 41.7 Å². The standard InChI is InChI=1S/C13H16N2OS/c1-9-13(2,5-7-16-9)15-12-10-4-8-17-11(10)3-6-14-12/h3-4,6,8-9H,5,7H2,1-2H3,(H,14,15). The van der Waals surface area contributed by atoms with Crippen molar-refractivity contribution in [3.63, 3.8) is 0 Å². The maximum Gasteiger partial charge on any atom is 0.135 e. The Morgan fingerprint density at radius 1 is 1.53 bits per heavy atom. The molecule has 1 saturated heterocycles. The van der Waals surface area contributed by atoms with Gasteiger partial charge in [0, 0.05) is 22.9 Å². The number of nitrogens with zero attached hydrogens (tertiary/aromatic N) is 1. The van der Waals surface area contributed by atoms with Gasteiger partial charge in [0.25, 0.3) is 0 Å². The van der Waals surface area contributed by atoms with Crippen LogP contribution >= 0.6 is 11.3 Å². The number of hydrogen-bond donors (Lipinski definition) is 1. The van der Waals surface area contributed by atoms with E-state index in [1.54, 1.807) is 11.3 Å². The molecule has 0 amide bonds. The predicted octanol–water partition coefficient (Wildman–Crippen LogP) is 3.28. The van der Waals surface area contributed by atoms with Crippen molar-refractivity contribution < 1.29 is 4.74 Å². The van der Waals surface area contributed by atoms with Crippen molar-refractivity contribution in [3.05, 3.63) is 23.7 Å². The Bertz CT molecular complexity index is 539. The predicted molar refractivity (Wildman–Crippen MR) is 71.7 cm³/mol. The Kier molecular flexibility index (Phi) is 2.56. The van der Waals surface area contributed by atoms with Gasteiger partial charge < -0.3 is 10.1 Å². The highest BCUT2D eigenvalue weighted by atomic mass is 32.1. The molecule has 0 aliphatic carbocycles. The SMILES string of the molecule is CC1OCCC1(C)Nc1nccc2sccc12. The summed E-state index contributed by atoms with van der Waals surface area (Å²) in [6.45, 7) is 5.15. The van der Waals surface area contributed by atoms with E-state index in [1.165, 1.54) is 10.1 Å². The first-order valence-electron chi connectivity index (χ1n) is 5.91. The summed E-state index contributed by atoms with van der Waals surface area (Å²) in [6.07, 6.45) is 3.11. The quantitative estimate of drug-likeness (QED) is 0.885. The van der Waals surface area contributed by atoms with Gasteiger partial charge in [-0.2, -0.15) is 0 Å². The molecular formula is C13H16N2OS. The van der Waals surface area contributed by atoms with Gasteiger partial charge in [-0.15, -0.1) is 11.3 Å². The summed E-state index contributed by atoms with van der Waals surface area (Å²) in [6, 6.07) is 4.18. The topological polar surface area (TPSA) is 34.1 Å². The van der Waals surface area contributed by atoms with Crippen molar-refractivity contribution in [1.82, 2.24) is 4.98 Å². The summed E-state index contributed by atoms with van der Waals surface area (Å²) in [5.41, 5.74) is -0.0107. The molecule has 3 rings (SSSR count). The van der Waals surface area contributed by atoms with Crippen molar-refractivity contribution in [3.8, 4) is 0 Å². The number of nitrogens with one attached hydrogen (secondary N) is 1. The number of thiophene rings is 1. The van der Waals surface area contributed by atoms with Crippen LogP contribution in [-0.2, 0) is 4.74 Å². The van der Waals surface area contributed by atoms with Gasteiger partial charge in [0.15, 0.2) is 0 Å². The van der Waals surface area contributed by atoms with E-state index in [4.69, 9.17) is 4.74 Å². The second-order valence-electron chi connectivity index (χ2n) is 4.80. The highest BCUT2D eigenvalue weighted by molar-refractivity contribution is 7.17. The lowest BCUT2D eigenvalue weighted by molar-refractivity contribution is 0.105. The average molecular weight is 248 g/mol. The maximum absolute atomic E-state index is 5.65. The normalized spacial score (nSPS) is 28.7. The van der Waals surface area contributed by atoms with Gasteiger partial charge in [0.1, 0.15) is 5.82 Å². The fourth-order valence-electron chi connectivity index (χ4n) is 2.26. The summed E-state index contributed by atoms with van der Waals surface area (Å²) >= 11 is 1.75. The van der Waals surface area contributed by atoms with E-state index in [0.717, 1.165) is 18.8 Å². The summed E-state index contributed by atoms with van der Waals surface area (Å²) in [7, 11) is 0. The molecule has 3 heterocycles. The van der Waals surface area contributed by atoms with Crippen LogP contribution in [0.15, 0.2) is 23.7 Å². The highest BCUT2D eigenvalue weighted by Gasteiger charge is 2.37. The molecule has 0 bridgehead atoms. The first-order valence-corrected chi connectivity index (χ1v) is 6.79. The lowest BCUT2D eigenvalue weighted by Crippen LogP contribution is -2.41. The van der Waals surface area contributed by atoms with Gasteiger partial charge in [-0.05, 0) is 37.8 Å². The Morgan fingerprint density at radius 2 is 2.41 bits per heavy atom. The zero-order valence-corrected chi connectivity index (χ0v) is 10.9. The van der Waals surface area contributed by atoms with Gasteiger partial charge in [0.2, 0.25) is 0 Å². The van der Waals surface area contributed by atoms with E-state index < -0.39 is 0 Å². The summed E-state index contributed by atoms with van der Waals surface area (Å²) in [4.78, 5) is 4.46.